The van der Waals surface area contributed by atoms with Crippen LogP contribution in [0.2, 0.25) is 0 Å². The molecule has 0 aromatic rings. The van der Waals surface area contributed by atoms with Gasteiger partial charge in [0.1, 0.15) is 5.78 Å². The van der Waals surface area contributed by atoms with E-state index in [1.54, 1.807) is 0 Å². The third kappa shape index (κ3) is 40.7. The van der Waals surface area contributed by atoms with Crippen molar-refractivity contribution in [3.63, 3.8) is 0 Å². The molecule has 4 heteroatoms. The highest BCUT2D eigenvalue weighted by Crippen LogP contribution is 2.05. The van der Waals surface area contributed by atoms with Crippen molar-refractivity contribution in [2.45, 2.75) is 129 Å². The molecule has 0 saturated heterocycles. The summed E-state index contributed by atoms with van der Waals surface area (Å²) in [5.74, 6) is 0.444. The number of hydrogen-bond acceptors (Lipinski definition) is 3. The summed E-state index contributed by atoms with van der Waals surface area (Å²) in [6.07, 6.45) is 64.6. The number of carbonyl (C=O) groups excluding carboxylic acids is 2. The molecular formula is C48H74N2O2. The molecule has 0 aliphatic rings. The first-order valence-corrected chi connectivity index (χ1v) is 20.2. The first-order valence-electron chi connectivity index (χ1n) is 20.2. The van der Waals surface area contributed by atoms with Gasteiger partial charge in [0, 0.05) is 32.4 Å². The molecule has 0 rings (SSSR count). The molecule has 1 amide bonds. The van der Waals surface area contributed by atoms with E-state index in [1.807, 2.05) is 0 Å². The first-order chi connectivity index (χ1) is 25.6. The predicted octanol–water partition coefficient (Wildman–Crippen LogP) is 12.8. The maximum Gasteiger partial charge on any atom is 0.220 e. The Kier molecular flexibility index (Phi) is 38.6. The van der Waals surface area contributed by atoms with Crippen molar-refractivity contribution in [2.75, 3.05) is 26.7 Å². The molecule has 0 saturated carbocycles. The Morgan fingerprint density at radius 2 is 0.769 bits per heavy atom. The number of nitrogens with zero attached hydrogens (tertiary/aromatic N) is 1. The molecule has 0 bridgehead atoms. The summed E-state index contributed by atoms with van der Waals surface area (Å²) in [6.45, 7) is 6.62. The lowest BCUT2D eigenvalue weighted by atomic mass is 10.1. The molecule has 0 aliphatic heterocycles. The lowest BCUT2D eigenvalue weighted by Crippen LogP contribution is -2.33. The molecule has 288 valence electrons. The largest absolute Gasteiger partial charge is 0.355 e. The third-order valence-electron chi connectivity index (χ3n) is 7.93. The number of nitrogens with one attached hydrogen (secondary N) is 1. The molecule has 0 atom stereocenters. The Balaban J connectivity index is 3.68. The minimum atomic E-state index is 0.0932. The molecule has 1 N–H and O–H groups in total. The van der Waals surface area contributed by atoms with Crippen molar-refractivity contribution in [3.8, 4) is 0 Å². The van der Waals surface area contributed by atoms with Crippen LogP contribution in [0.3, 0.4) is 0 Å². The van der Waals surface area contributed by atoms with E-state index in [-0.39, 0.29) is 5.91 Å². The van der Waals surface area contributed by atoms with Crippen LogP contribution in [-0.4, -0.2) is 43.3 Å². The average molecular weight is 711 g/mol. The van der Waals surface area contributed by atoms with Crippen LogP contribution in [0.25, 0.3) is 0 Å². The molecule has 4 nitrogen and oxygen atoms in total. The fourth-order valence-corrected chi connectivity index (χ4v) is 4.90. The minimum Gasteiger partial charge on any atom is -0.355 e. The van der Waals surface area contributed by atoms with Crippen molar-refractivity contribution in [2.24, 2.45) is 0 Å². The topological polar surface area (TPSA) is 49.4 Å². The van der Waals surface area contributed by atoms with Crippen LogP contribution in [0, 0.1) is 0 Å². The van der Waals surface area contributed by atoms with E-state index in [1.165, 1.54) is 0 Å². The number of carbonyl (C=O) groups is 2. The highest BCUT2D eigenvalue weighted by atomic mass is 16.1. The number of amides is 1. The maximum absolute atomic E-state index is 12.3. The van der Waals surface area contributed by atoms with Crippen LogP contribution in [0.15, 0.2) is 134 Å². The van der Waals surface area contributed by atoms with Gasteiger partial charge >= 0.3 is 0 Å². The highest BCUT2D eigenvalue weighted by Gasteiger charge is 2.05. The smallest absolute Gasteiger partial charge is 0.220 e. The normalized spacial score (nSPS) is 13.2. The molecule has 0 unspecified atom stereocenters. The SMILES string of the molecule is CC/C=C\C/C=C\C/C=C\C/C=C\C/C=C\C/C=C\CCC(=O)NCCN(C)CCCC(=O)CCC/C=C\C/C=C\C/C=C\C/C=C\C/C=C\CC. The molecule has 0 fully saturated rings. The van der Waals surface area contributed by atoms with Gasteiger partial charge in [-0.25, -0.2) is 0 Å². The monoisotopic (exact) mass is 711 g/mol. The summed E-state index contributed by atoms with van der Waals surface area (Å²) in [6, 6.07) is 0. The predicted molar refractivity (Wildman–Crippen MR) is 231 cm³/mol. The molecule has 0 radical (unpaired) electrons. The number of likely N-dealkylation sites (N-methyl/N-ethyl adjacent to an activating group) is 1. The standard InChI is InChI=1S/C48H74N2O2/c1-4-6-8-10-12-14-16-18-20-22-23-25-27-29-31-33-35-37-39-43-48(52)49-44-46-50(3)45-40-42-47(51)41-38-36-34-32-30-28-26-24-21-19-17-15-13-11-9-7-5-2/h6-9,12-15,18-21,23,25-26,28-29,31-32,34-35,37H,4-5,10-11,16-17,22,24,27,30,33,36,38-46H2,1-3H3,(H,49,52)/b8-6-,9-7-,14-12-,15-13-,20-18-,21-19-,25-23-,28-26-,31-29-,34-32-,37-35-. The van der Waals surface area contributed by atoms with Gasteiger partial charge in [0.05, 0.1) is 0 Å². The first kappa shape index (κ1) is 48.2. The molecule has 52 heavy (non-hydrogen) atoms. The Bertz CT molecular complexity index is 1170. The van der Waals surface area contributed by atoms with E-state index in [2.05, 4.69) is 165 Å². The Morgan fingerprint density at radius 1 is 0.423 bits per heavy atom. The Labute approximate surface area is 320 Å². The van der Waals surface area contributed by atoms with Gasteiger partial charge in [0.15, 0.2) is 0 Å². The fourth-order valence-electron chi connectivity index (χ4n) is 4.90. The van der Waals surface area contributed by atoms with Crippen molar-refractivity contribution in [1.29, 1.82) is 0 Å². The maximum atomic E-state index is 12.3. The lowest BCUT2D eigenvalue weighted by molar-refractivity contribution is -0.121. The quantitative estimate of drug-likeness (QED) is 0.0534. The van der Waals surface area contributed by atoms with Crippen molar-refractivity contribution in [1.82, 2.24) is 10.2 Å². The molecule has 0 aromatic carbocycles. The summed E-state index contributed by atoms with van der Waals surface area (Å²) in [7, 11) is 2.05. The van der Waals surface area contributed by atoms with Gasteiger partial charge in [0.25, 0.3) is 0 Å². The zero-order valence-corrected chi connectivity index (χ0v) is 33.3. The van der Waals surface area contributed by atoms with Gasteiger partial charge in [-0.2, -0.15) is 0 Å². The fraction of sp³-hybridized carbons (Fsp3) is 0.500. The van der Waals surface area contributed by atoms with E-state index < -0.39 is 0 Å². The van der Waals surface area contributed by atoms with Crippen molar-refractivity contribution < 1.29 is 9.59 Å². The summed E-state index contributed by atoms with van der Waals surface area (Å²) in [5, 5.41) is 3.01. The van der Waals surface area contributed by atoms with Crippen molar-refractivity contribution in [3.05, 3.63) is 134 Å². The van der Waals surface area contributed by atoms with Gasteiger partial charge < -0.3 is 10.2 Å². The zero-order valence-electron chi connectivity index (χ0n) is 33.3. The summed E-state index contributed by atoms with van der Waals surface area (Å²) in [5.41, 5.74) is 0. The number of allylic oxidation sites excluding steroid dienone is 22. The Hall–Kier alpha value is -3.76. The summed E-state index contributed by atoms with van der Waals surface area (Å²) in [4.78, 5) is 26.6. The second-order valence-corrected chi connectivity index (χ2v) is 12.8. The van der Waals surface area contributed by atoms with Crippen LogP contribution in [0.5, 0.6) is 0 Å². The average Bonchev–Trinajstić information content (AvgIpc) is 3.13. The molecule has 0 aromatic heterocycles. The van der Waals surface area contributed by atoms with Gasteiger partial charge in [0.2, 0.25) is 5.91 Å². The number of hydrogen-bond donors (Lipinski definition) is 1. The van der Waals surface area contributed by atoms with Crippen LogP contribution in [0.4, 0.5) is 0 Å². The van der Waals surface area contributed by atoms with Crippen LogP contribution in [0.1, 0.15) is 129 Å². The second-order valence-electron chi connectivity index (χ2n) is 12.8. The number of Topliss-reactive ketones (excluding diaryl/α,β-unsaturated/α-hetero) is 1. The second kappa shape index (κ2) is 41.7. The van der Waals surface area contributed by atoms with Crippen LogP contribution in [-0.2, 0) is 9.59 Å². The van der Waals surface area contributed by atoms with E-state index in [0.29, 0.717) is 31.6 Å². The van der Waals surface area contributed by atoms with E-state index >= 15 is 0 Å². The highest BCUT2D eigenvalue weighted by molar-refractivity contribution is 5.78. The molecular weight excluding hydrogens is 637 g/mol. The van der Waals surface area contributed by atoms with Crippen LogP contribution < -0.4 is 5.32 Å². The van der Waals surface area contributed by atoms with Gasteiger partial charge in [-0.1, -0.05) is 148 Å². The summed E-state index contributed by atoms with van der Waals surface area (Å²) < 4.78 is 0. The Morgan fingerprint density at radius 3 is 1.17 bits per heavy atom. The minimum absolute atomic E-state index is 0.0932. The van der Waals surface area contributed by atoms with E-state index in [4.69, 9.17) is 0 Å². The molecule has 0 spiro atoms. The number of ketones is 1. The van der Waals surface area contributed by atoms with E-state index in [0.717, 1.165) is 109 Å². The number of unbranched alkanes of at least 4 members (excludes halogenated alkanes) is 1. The van der Waals surface area contributed by atoms with Crippen molar-refractivity contribution >= 4 is 11.7 Å². The van der Waals surface area contributed by atoms with Gasteiger partial charge in [-0.3, -0.25) is 9.59 Å². The molecule has 0 heterocycles. The molecule has 0 aliphatic carbocycles. The summed E-state index contributed by atoms with van der Waals surface area (Å²) >= 11 is 0. The van der Waals surface area contributed by atoms with E-state index in [9.17, 15) is 9.59 Å². The van der Waals surface area contributed by atoms with Crippen LogP contribution >= 0.6 is 0 Å². The lowest BCUT2D eigenvalue weighted by Gasteiger charge is -2.16. The zero-order chi connectivity index (χ0) is 37.8. The van der Waals surface area contributed by atoms with Gasteiger partial charge in [-0.05, 0) is 110 Å². The number of rotatable bonds is 34. The van der Waals surface area contributed by atoms with Gasteiger partial charge in [-0.15, -0.1) is 0 Å². The third-order valence-corrected chi connectivity index (χ3v) is 7.93.